The van der Waals surface area contributed by atoms with E-state index in [-0.39, 0.29) is 17.3 Å². The standard InChI is InChI=1S/C15H28O2/c1-8-12(4)9-13(15(5,6)7)14(16)17-10-11(2)3/h9,11,13H,8,10H2,1-7H3/b12-9-. The minimum absolute atomic E-state index is 0.0928. The van der Waals surface area contributed by atoms with E-state index in [4.69, 9.17) is 4.74 Å². The molecule has 0 amide bonds. The van der Waals surface area contributed by atoms with E-state index in [1.54, 1.807) is 0 Å². The molecule has 2 heteroatoms. The minimum atomic E-state index is -0.152. The van der Waals surface area contributed by atoms with Crippen LogP contribution in [0.5, 0.6) is 0 Å². The smallest absolute Gasteiger partial charge is 0.313 e. The molecular formula is C15H28O2. The first kappa shape index (κ1) is 16.2. The molecule has 0 spiro atoms. The van der Waals surface area contributed by atoms with E-state index in [9.17, 15) is 4.79 Å². The van der Waals surface area contributed by atoms with Crippen LogP contribution in [0.1, 0.15) is 54.9 Å². The van der Waals surface area contributed by atoms with Gasteiger partial charge in [0.15, 0.2) is 0 Å². The van der Waals surface area contributed by atoms with Crippen molar-refractivity contribution in [3.8, 4) is 0 Å². The molecule has 0 fully saturated rings. The van der Waals surface area contributed by atoms with Crippen LogP contribution in [0.15, 0.2) is 11.6 Å². The van der Waals surface area contributed by atoms with Gasteiger partial charge in [-0.15, -0.1) is 0 Å². The van der Waals surface area contributed by atoms with Crippen molar-refractivity contribution in [1.29, 1.82) is 0 Å². The molecule has 100 valence electrons. The highest BCUT2D eigenvalue weighted by molar-refractivity contribution is 5.75. The van der Waals surface area contributed by atoms with Gasteiger partial charge in [0.25, 0.3) is 0 Å². The van der Waals surface area contributed by atoms with Crippen LogP contribution in [0, 0.1) is 17.3 Å². The highest BCUT2D eigenvalue weighted by Crippen LogP contribution is 2.29. The normalized spacial score (nSPS) is 14.9. The Labute approximate surface area is 106 Å². The molecule has 2 nitrogen and oxygen atoms in total. The van der Waals surface area contributed by atoms with Gasteiger partial charge in [0.2, 0.25) is 0 Å². The summed E-state index contributed by atoms with van der Waals surface area (Å²) in [5, 5.41) is 0. The molecule has 0 radical (unpaired) electrons. The third-order valence-electron chi connectivity index (χ3n) is 2.75. The highest BCUT2D eigenvalue weighted by atomic mass is 16.5. The summed E-state index contributed by atoms with van der Waals surface area (Å²) >= 11 is 0. The Bertz CT molecular complexity index is 269. The van der Waals surface area contributed by atoms with Crippen molar-refractivity contribution in [2.24, 2.45) is 17.3 Å². The van der Waals surface area contributed by atoms with Crippen molar-refractivity contribution >= 4 is 5.97 Å². The first-order chi connectivity index (χ1) is 7.68. The Hall–Kier alpha value is -0.790. The third kappa shape index (κ3) is 6.50. The van der Waals surface area contributed by atoms with Crippen molar-refractivity contribution in [3.05, 3.63) is 11.6 Å². The van der Waals surface area contributed by atoms with E-state index in [2.05, 4.69) is 40.7 Å². The third-order valence-corrected chi connectivity index (χ3v) is 2.75. The molecule has 0 aliphatic carbocycles. The van der Waals surface area contributed by atoms with E-state index in [1.165, 1.54) is 5.57 Å². The molecule has 17 heavy (non-hydrogen) atoms. The number of carbonyl (C=O) groups is 1. The van der Waals surface area contributed by atoms with Crippen LogP contribution >= 0.6 is 0 Å². The summed E-state index contributed by atoms with van der Waals surface area (Å²) in [6.45, 7) is 15.0. The summed E-state index contributed by atoms with van der Waals surface area (Å²) in [7, 11) is 0. The molecule has 0 aromatic heterocycles. The fourth-order valence-corrected chi connectivity index (χ4v) is 1.41. The van der Waals surface area contributed by atoms with Gasteiger partial charge >= 0.3 is 5.97 Å². The molecule has 0 saturated carbocycles. The van der Waals surface area contributed by atoms with Crippen LogP contribution in [-0.4, -0.2) is 12.6 Å². The van der Waals surface area contributed by atoms with Gasteiger partial charge in [-0.1, -0.05) is 53.2 Å². The molecule has 1 atom stereocenters. The average Bonchev–Trinajstić information content (AvgIpc) is 2.20. The molecule has 0 aliphatic rings. The summed E-state index contributed by atoms with van der Waals surface area (Å²) in [6, 6.07) is 0. The predicted octanol–water partition coefficient (Wildman–Crippen LogP) is 4.20. The fourth-order valence-electron chi connectivity index (χ4n) is 1.41. The average molecular weight is 240 g/mol. The largest absolute Gasteiger partial charge is 0.465 e. The lowest BCUT2D eigenvalue weighted by Gasteiger charge is -2.27. The molecule has 0 aromatic carbocycles. The molecule has 1 unspecified atom stereocenters. The topological polar surface area (TPSA) is 26.3 Å². The maximum absolute atomic E-state index is 12.1. The summed E-state index contributed by atoms with van der Waals surface area (Å²) in [5.41, 5.74) is 1.15. The Morgan fingerprint density at radius 3 is 2.18 bits per heavy atom. The van der Waals surface area contributed by atoms with Crippen LogP contribution in [0.3, 0.4) is 0 Å². The van der Waals surface area contributed by atoms with E-state index < -0.39 is 0 Å². The second-order valence-electron chi connectivity index (χ2n) is 6.23. The minimum Gasteiger partial charge on any atom is -0.465 e. The molecule has 0 saturated heterocycles. The number of esters is 1. The van der Waals surface area contributed by atoms with E-state index in [0.717, 1.165) is 6.42 Å². The lowest BCUT2D eigenvalue weighted by atomic mass is 9.79. The van der Waals surface area contributed by atoms with Gasteiger partial charge in [0, 0.05) is 0 Å². The SMILES string of the molecule is CC/C(C)=C\C(C(=O)OCC(C)C)C(C)(C)C. The summed E-state index contributed by atoms with van der Waals surface area (Å²) in [4.78, 5) is 12.1. The molecule has 0 bridgehead atoms. The van der Waals surface area contributed by atoms with E-state index in [0.29, 0.717) is 12.5 Å². The first-order valence-corrected chi connectivity index (χ1v) is 6.52. The summed E-state index contributed by atoms with van der Waals surface area (Å²) < 4.78 is 5.35. The number of ether oxygens (including phenoxy) is 1. The quantitative estimate of drug-likeness (QED) is 0.531. The molecular weight excluding hydrogens is 212 g/mol. The van der Waals surface area contributed by atoms with Crippen molar-refractivity contribution in [3.63, 3.8) is 0 Å². The Balaban J connectivity index is 4.77. The van der Waals surface area contributed by atoms with Crippen LogP contribution in [-0.2, 0) is 9.53 Å². The van der Waals surface area contributed by atoms with Crippen molar-refractivity contribution in [2.45, 2.75) is 54.9 Å². The van der Waals surface area contributed by atoms with Gasteiger partial charge < -0.3 is 4.74 Å². The molecule has 0 aromatic rings. The first-order valence-electron chi connectivity index (χ1n) is 6.52. The zero-order valence-electron chi connectivity index (χ0n) is 12.5. The zero-order valence-corrected chi connectivity index (χ0v) is 12.5. The maximum Gasteiger partial charge on any atom is 0.313 e. The fraction of sp³-hybridized carbons (Fsp3) is 0.800. The second kappa shape index (κ2) is 6.83. The lowest BCUT2D eigenvalue weighted by Crippen LogP contribution is -2.29. The Morgan fingerprint density at radius 1 is 1.29 bits per heavy atom. The summed E-state index contributed by atoms with van der Waals surface area (Å²) in [6.07, 6.45) is 3.03. The maximum atomic E-state index is 12.1. The van der Waals surface area contributed by atoms with E-state index in [1.807, 2.05) is 13.8 Å². The van der Waals surface area contributed by atoms with Gasteiger partial charge in [0.1, 0.15) is 0 Å². The van der Waals surface area contributed by atoms with Gasteiger partial charge in [-0.05, 0) is 24.7 Å². The van der Waals surface area contributed by atoms with Gasteiger partial charge in [-0.3, -0.25) is 4.79 Å². The Kier molecular flexibility index (Phi) is 6.51. The number of hydrogen-bond donors (Lipinski definition) is 0. The van der Waals surface area contributed by atoms with Gasteiger partial charge in [-0.25, -0.2) is 0 Å². The van der Waals surface area contributed by atoms with Crippen molar-refractivity contribution in [2.75, 3.05) is 6.61 Å². The predicted molar refractivity (Wildman–Crippen MR) is 72.8 cm³/mol. The van der Waals surface area contributed by atoms with Crippen LogP contribution < -0.4 is 0 Å². The highest BCUT2D eigenvalue weighted by Gasteiger charge is 2.30. The lowest BCUT2D eigenvalue weighted by molar-refractivity contribution is -0.151. The zero-order chi connectivity index (χ0) is 13.6. The number of rotatable bonds is 5. The van der Waals surface area contributed by atoms with Crippen molar-refractivity contribution < 1.29 is 9.53 Å². The monoisotopic (exact) mass is 240 g/mol. The van der Waals surface area contributed by atoms with Gasteiger partial charge in [0.05, 0.1) is 12.5 Å². The van der Waals surface area contributed by atoms with Crippen LogP contribution in [0.4, 0.5) is 0 Å². The van der Waals surface area contributed by atoms with Crippen molar-refractivity contribution in [1.82, 2.24) is 0 Å². The van der Waals surface area contributed by atoms with Crippen LogP contribution in [0.2, 0.25) is 0 Å². The van der Waals surface area contributed by atoms with Gasteiger partial charge in [-0.2, -0.15) is 0 Å². The van der Waals surface area contributed by atoms with Crippen LogP contribution in [0.25, 0.3) is 0 Å². The number of allylic oxidation sites excluding steroid dienone is 1. The second-order valence-corrected chi connectivity index (χ2v) is 6.23. The molecule has 0 N–H and O–H groups in total. The Morgan fingerprint density at radius 2 is 1.82 bits per heavy atom. The molecule has 0 rings (SSSR count). The number of carbonyl (C=O) groups excluding carboxylic acids is 1. The summed E-state index contributed by atoms with van der Waals surface area (Å²) in [5.74, 6) is 0.135. The number of hydrogen-bond acceptors (Lipinski definition) is 2. The van der Waals surface area contributed by atoms with E-state index >= 15 is 0 Å². The molecule has 0 aliphatic heterocycles. The molecule has 0 heterocycles.